The Hall–Kier alpha value is -2.05. The van der Waals surface area contributed by atoms with E-state index in [0.29, 0.717) is 19.0 Å². The number of aromatic nitrogens is 4. The van der Waals surface area contributed by atoms with Crippen LogP contribution in [-0.2, 0) is 17.9 Å². The third-order valence-electron chi connectivity index (χ3n) is 3.15. The molecule has 2 aromatic heterocycles. The van der Waals surface area contributed by atoms with Gasteiger partial charge in [0.25, 0.3) is 0 Å². The fourth-order valence-corrected chi connectivity index (χ4v) is 2.43. The van der Waals surface area contributed by atoms with Crippen LogP contribution in [0.1, 0.15) is 11.4 Å². The summed E-state index contributed by atoms with van der Waals surface area (Å²) in [5.74, 6) is 1.49. The van der Waals surface area contributed by atoms with Crippen molar-refractivity contribution in [2.45, 2.75) is 13.2 Å². The molecule has 2 heterocycles. The van der Waals surface area contributed by atoms with Gasteiger partial charge in [-0.2, -0.15) is 5.10 Å². The van der Waals surface area contributed by atoms with E-state index in [1.165, 1.54) is 0 Å². The van der Waals surface area contributed by atoms with Crippen LogP contribution in [0.5, 0.6) is 0 Å². The van der Waals surface area contributed by atoms with Gasteiger partial charge in [-0.3, -0.25) is 4.98 Å². The first kappa shape index (κ1) is 14.9. The highest BCUT2D eigenvalue weighted by Crippen LogP contribution is 2.21. The van der Waals surface area contributed by atoms with Gasteiger partial charge in [0, 0.05) is 29.5 Å². The van der Waals surface area contributed by atoms with E-state index in [4.69, 9.17) is 4.74 Å². The molecule has 112 valence electrons. The average molecular weight is 359 g/mol. The SMILES string of the molecule is COCc1nc(-c2ccc(Br)cc2)n(Cc2cccnc2)n1. The second-order valence-electron chi connectivity index (χ2n) is 4.81. The molecule has 0 saturated carbocycles. The number of rotatable bonds is 5. The topological polar surface area (TPSA) is 52.8 Å². The van der Waals surface area contributed by atoms with Crippen LogP contribution >= 0.6 is 15.9 Å². The molecule has 0 amide bonds. The molecule has 0 N–H and O–H groups in total. The van der Waals surface area contributed by atoms with Gasteiger partial charge in [0.1, 0.15) is 6.61 Å². The molecule has 1 aromatic carbocycles. The van der Waals surface area contributed by atoms with Gasteiger partial charge in [-0.25, -0.2) is 9.67 Å². The number of nitrogens with zero attached hydrogens (tertiary/aromatic N) is 4. The Morgan fingerprint density at radius 3 is 2.68 bits per heavy atom. The number of hydrogen-bond acceptors (Lipinski definition) is 4. The molecule has 22 heavy (non-hydrogen) atoms. The molecule has 0 atom stereocenters. The van der Waals surface area contributed by atoms with E-state index >= 15 is 0 Å². The fraction of sp³-hybridized carbons (Fsp3) is 0.188. The van der Waals surface area contributed by atoms with Gasteiger partial charge < -0.3 is 4.74 Å². The zero-order chi connectivity index (χ0) is 15.4. The van der Waals surface area contributed by atoms with Crippen LogP contribution in [0, 0.1) is 0 Å². The van der Waals surface area contributed by atoms with E-state index in [1.54, 1.807) is 13.3 Å². The first-order valence-electron chi connectivity index (χ1n) is 6.84. The fourth-order valence-electron chi connectivity index (χ4n) is 2.17. The van der Waals surface area contributed by atoms with Gasteiger partial charge in [0.2, 0.25) is 0 Å². The molecule has 0 radical (unpaired) electrons. The van der Waals surface area contributed by atoms with Crippen LogP contribution in [0.25, 0.3) is 11.4 Å². The van der Waals surface area contributed by atoms with E-state index in [2.05, 4.69) is 31.0 Å². The van der Waals surface area contributed by atoms with Crippen molar-refractivity contribution in [3.8, 4) is 11.4 Å². The summed E-state index contributed by atoms with van der Waals surface area (Å²) in [7, 11) is 1.64. The maximum absolute atomic E-state index is 5.14. The van der Waals surface area contributed by atoms with Gasteiger partial charge in [-0.15, -0.1) is 0 Å². The Labute approximate surface area is 137 Å². The van der Waals surface area contributed by atoms with E-state index in [1.807, 2.05) is 47.3 Å². The molecule has 0 aliphatic heterocycles. The molecule has 5 nitrogen and oxygen atoms in total. The summed E-state index contributed by atoms with van der Waals surface area (Å²) in [5, 5.41) is 4.54. The molecule has 0 bridgehead atoms. The Balaban J connectivity index is 1.98. The van der Waals surface area contributed by atoms with Crippen molar-refractivity contribution in [2.24, 2.45) is 0 Å². The zero-order valence-corrected chi connectivity index (χ0v) is 13.7. The lowest BCUT2D eigenvalue weighted by atomic mass is 10.2. The van der Waals surface area contributed by atoms with Crippen molar-refractivity contribution in [3.63, 3.8) is 0 Å². The third-order valence-corrected chi connectivity index (χ3v) is 3.68. The van der Waals surface area contributed by atoms with Crippen LogP contribution < -0.4 is 0 Å². The molecule has 0 aliphatic rings. The van der Waals surface area contributed by atoms with Crippen LogP contribution in [0.2, 0.25) is 0 Å². The van der Waals surface area contributed by atoms with E-state index in [-0.39, 0.29) is 0 Å². The minimum Gasteiger partial charge on any atom is -0.377 e. The maximum atomic E-state index is 5.14. The third kappa shape index (κ3) is 3.40. The number of benzene rings is 1. The molecule has 0 saturated heterocycles. The van der Waals surface area contributed by atoms with E-state index < -0.39 is 0 Å². The summed E-state index contributed by atoms with van der Waals surface area (Å²) >= 11 is 3.45. The number of hydrogen-bond donors (Lipinski definition) is 0. The summed E-state index contributed by atoms with van der Waals surface area (Å²) in [6.45, 7) is 1.01. The molecule has 6 heteroatoms. The highest BCUT2D eigenvalue weighted by Gasteiger charge is 2.12. The van der Waals surface area contributed by atoms with Gasteiger partial charge in [-0.1, -0.05) is 34.1 Å². The van der Waals surface area contributed by atoms with Gasteiger partial charge >= 0.3 is 0 Å². The molecule has 0 fully saturated rings. The van der Waals surface area contributed by atoms with Crippen molar-refractivity contribution in [1.29, 1.82) is 0 Å². The smallest absolute Gasteiger partial charge is 0.176 e. The Morgan fingerprint density at radius 1 is 1.18 bits per heavy atom. The number of halogens is 1. The van der Waals surface area contributed by atoms with Crippen LogP contribution in [0.15, 0.2) is 53.3 Å². The van der Waals surface area contributed by atoms with Crippen LogP contribution in [0.4, 0.5) is 0 Å². The summed E-state index contributed by atoms with van der Waals surface area (Å²) in [6.07, 6.45) is 3.60. The summed E-state index contributed by atoms with van der Waals surface area (Å²) < 4.78 is 8.06. The highest BCUT2D eigenvalue weighted by molar-refractivity contribution is 9.10. The minimum absolute atomic E-state index is 0.392. The van der Waals surface area contributed by atoms with E-state index in [9.17, 15) is 0 Å². The predicted octanol–water partition coefficient (Wildman–Crippen LogP) is 3.30. The second kappa shape index (κ2) is 6.81. The monoisotopic (exact) mass is 358 g/mol. The number of ether oxygens (including phenoxy) is 1. The lowest BCUT2D eigenvalue weighted by Crippen LogP contribution is -2.05. The number of methoxy groups -OCH3 is 1. The van der Waals surface area contributed by atoms with Gasteiger partial charge in [0.15, 0.2) is 11.6 Å². The Morgan fingerprint density at radius 2 is 2.00 bits per heavy atom. The van der Waals surface area contributed by atoms with E-state index in [0.717, 1.165) is 21.4 Å². The minimum atomic E-state index is 0.392. The molecular weight excluding hydrogens is 344 g/mol. The standard InChI is InChI=1S/C16H15BrN4O/c1-22-11-15-19-16(13-4-6-14(17)7-5-13)21(20-15)10-12-3-2-8-18-9-12/h2-9H,10-11H2,1H3. The molecule has 0 spiro atoms. The summed E-state index contributed by atoms with van der Waals surface area (Å²) in [6, 6.07) is 12.0. The van der Waals surface area contributed by atoms with Crippen molar-refractivity contribution in [2.75, 3.05) is 7.11 Å². The Bertz CT molecular complexity index is 741. The maximum Gasteiger partial charge on any atom is 0.176 e. The first-order valence-corrected chi connectivity index (χ1v) is 7.63. The van der Waals surface area contributed by atoms with Crippen molar-refractivity contribution in [1.82, 2.24) is 19.7 Å². The molecule has 0 unspecified atom stereocenters. The van der Waals surface area contributed by atoms with Gasteiger partial charge in [0.05, 0.1) is 6.54 Å². The molecule has 3 rings (SSSR count). The zero-order valence-electron chi connectivity index (χ0n) is 12.1. The lowest BCUT2D eigenvalue weighted by molar-refractivity contribution is 0.177. The predicted molar refractivity (Wildman–Crippen MR) is 87.2 cm³/mol. The first-order chi connectivity index (χ1) is 10.8. The largest absolute Gasteiger partial charge is 0.377 e. The lowest BCUT2D eigenvalue weighted by Gasteiger charge is -2.06. The molecule has 0 aliphatic carbocycles. The normalized spacial score (nSPS) is 10.8. The highest BCUT2D eigenvalue weighted by atomic mass is 79.9. The van der Waals surface area contributed by atoms with Gasteiger partial charge in [-0.05, 0) is 23.8 Å². The average Bonchev–Trinajstić information content (AvgIpc) is 2.92. The quantitative estimate of drug-likeness (QED) is 0.702. The van der Waals surface area contributed by atoms with Crippen LogP contribution in [-0.4, -0.2) is 26.9 Å². The van der Waals surface area contributed by atoms with Crippen molar-refractivity contribution >= 4 is 15.9 Å². The second-order valence-corrected chi connectivity index (χ2v) is 5.73. The van der Waals surface area contributed by atoms with Crippen LogP contribution in [0.3, 0.4) is 0 Å². The summed E-state index contributed by atoms with van der Waals surface area (Å²) in [5.41, 5.74) is 2.09. The summed E-state index contributed by atoms with van der Waals surface area (Å²) in [4.78, 5) is 8.73. The van der Waals surface area contributed by atoms with Crippen molar-refractivity contribution < 1.29 is 4.74 Å². The molecule has 3 aromatic rings. The van der Waals surface area contributed by atoms with Crippen molar-refractivity contribution in [3.05, 3.63) is 64.7 Å². The molecular formula is C16H15BrN4O. The Kier molecular flexibility index (Phi) is 4.60. The number of pyridine rings is 1.